The number of anilines is 1. The molecule has 0 amide bonds. The molecule has 18 heavy (non-hydrogen) atoms. The summed E-state index contributed by atoms with van der Waals surface area (Å²) in [5.41, 5.74) is 3.22. The zero-order chi connectivity index (χ0) is 13.0. The van der Waals surface area contributed by atoms with Gasteiger partial charge in [0.15, 0.2) is 0 Å². The van der Waals surface area contributed by atoms with Gasteiger partial charge in [-0.2, -0.15) is 0 Å². The Morgan fingerprint density at radius 1 is 1.00 bits per heavy atom. The summed E-state index contributed by atoms with van der Waals surface area (Å²) in [5.74, 6) is 7.24. The Morgan fingerprint density at radius 3 is 2.39 bits per heavy atom. The molecule has 2 rings (SSSR count). The fraction of sp³-hybridized carbons (Fsp3) is 0.188. The molecule has 1 heterocycles. The third kappa shape index (κ3) is 2.89. The van der Waals surface area contributed by atoms with Gasteiger partial charge in [0.1, 0.15) is 5.82 Å². The van der Waals surface area contributed by atoms with E-state index in [1.165, 1.54) is 5.56 Å². The van der Waals surface area contributed by atoms with E-state index in [-0.39, 0.29) is 0 Å². The van der Waals surface area contributed by atoms with Gasteiger partial charge in [-0.25, -0.2) is 4.98 Å². The molecule has 2 heteroatoms. The highest BCUT2D eigenvalue weighted by Gasteiger charge is 2.01. The maximum absolute atomic E-state index is 4.33. The Labute approximate surface area is 108 Å². The molecule has 2 aromatic rings. The highest BCUT2D eigenvalue weighted by Crippen LogP contribution is 2.13. The van der Waals surface area contributed by atoms with E-state index in [1.54, 1.807) is 6.20 Å². The van der Waals surface area contributed by atoms with E-state index in [1.807, 2.05) is 43.3 Å². The standard InChI is InChI=1S/C16H16N2/c1-13-6-8-14(9-7-13)10-11-15-5-4-12-17-16(15)18(2)3/h4-9,12H,1-3H3. The zero-order valence-corrected chi connectivity index (χ0v) is 10.9. The van der Waals surface area contributed by atoms with Crippen LogP contribution < -0.4 is 4.90 Å². The monoisotopic (exact) mass is 236 g/mol. The van der Waals surface area contributed by atoms with Gasteiger partial charge in [-0.3, -0.25) is 0 Å². The maximum atomic E-state index is 4.33. The van der Waals surface area contributed by atoms with Gasteiger partial charge in [-0.15, -0.1) is 0 Å². The molecular formula is C16H16N2. The smallest absolute Gasteiger partial charge is 0.143 e. The van der Waals surface area contributed by atoms with Gasteiger partial charge in [0.25, 0.3) is 0 Å². The molecule has 0 spiro atoms. The summed E-state index contributed by atoms with van der Waals surface area (Å²) >= 11 is 0. The van der Waals surface area contributed by atoms with Crippen molar-refractivity contribution in [1.82, 2.24) is 4.98 Å². The van der Waals surface area contributed by atoms with Crippen molar-refractivity contribution in [3.8, 4) is 11.8 Å². The first-order chi connectivity index (χ1) is 8.66. The Balaban J connectivity index is 2.32. The van der Waals surface area contributed by atoms with Crippen LogP contribution in [0.4, 0.5) is 5.82 Å². The minimum absolute atomic E-state index is 0.900. The topological polar surface area (TPSA) is 16.1 Å². The lowest BCUT2D eigenvalue weighted by molar-refractivity contribution is 1.06. The fourth-order valence-electron chi connectivity index (χ4n) is 1.63. The molecule has 0 atom stereocenters. The first kappa shape index (κ1) is 12.2. The van der Waals surface area contributed by atoms with Gasteiger partial charge in [0.2, 0.25) is 0 Å². The van der Waals surface area contributed by atoms with Crippen molar-refractivity contribution < 1.29 is 0 Å². The predicted molar refractivity (Wildman–Crippen MR) is 75.7 cm³/mol. The lowest BCUT2D eigenvalue weighted by Crippen LogP contribution is -2.12. The molecule has 1 aromatic carbocycles. The molecule has 90 valence electrons. The number of benzene rings is 1. The lowest BCUT2D eigenvalue weighted by Gasteiger charge is -2.12. The van der Waals surface area contributed by atoms with E-state index in [2.05, 4.69) is 35.9 Å². The number of aryl methyl sites for hydroxylation is 1. The van der Waals surface area contributed by atoms with Gasteiger partial charge in [0.05, 0.1) is 5.56 Å². The van der Waals surface area contributed by atoms with Crippen LogP contribution in [0.1, 0.15) is 16.7 Å². The zero-order valence-electron chi connectivity index (χ0n) is 10.9. The highest BCUT2D eigenvalue weighted by molar-refractivity contribution is 5.56. The van der Waals surface area contributed by atoms with Crippen LogP contribution in [-0.4, -0.2) is 19.1 Å². The van der Waals surface area contributed by atoms with Crippen LogP contribution in [0.25, 0.3) is 0 Å². The lowest BCUT2D eigenvalue weighted by atomic mass is 10.1. The summed E-state index contributed by atoms with van der Waals surface area (Å²) in [4.78, 5) is 6.30. The molecule has 0 N–H and O–H groups in total. The van der Waals surface area contributed by atoms with Crippen molar-refractivity contribution in [2.45, 2.75) is 6.92 Å². The third-order valence-corrected chi connectivity index (χ3v) is 2.60. The predicted octanol–water partition coefficient (Wildman–Crippen LogP) is 2.86. The average molecular weight is 236 g/mol. The largest absolute Gasteiger partial charge is 0.362 e. The fourth-order valence-corrected chi connectivity index (χ4v) is 1.63. The van der Waals surface area contributed by atoms with Gasteiger partial charge >= 0.3 is 0 Å². The number of aromatic nitrogens is 1. The molecule has 1 aromatic heterocycles. The number of nitrogens with zero attached hydrogens (tertiary/aromatic N) is 2. The molecular weight excluding hydrogens is 220 g/mol. The first-order valence-electron chi connectivity index (χ1n) is 5.88. The van der Waals surface area contributed by atoms with Crippen LogP contribution in [0.5, 0.6) is 0 Å². The van der Waals surface area contributed by atoms with Crippen LogP contribution in [0.3, 0.4) is 0 Å². The van der Waals surface area contributed by atoms with Crippen molar-refractivity contribution >= 4 is 5.82 Å². The molecule has 0 fully saturated rings. The molecule has 0 aliphatic rings. The number of rotatable bonds is 1. The number of hydrogen-bond donors (Lipinski definition) is 0. The number of pyridine rings is 1. The molecule has 0 unspecified atom stereocenters. The van der Waals surface area contributed by atoms with Gasteiger partial charge in [-0.05, 0) is 31.2 Å². The summed E-state index contributed by atoms with van der Waals surface area (Å²) in [6.07, 6.45) is 1.78. The summed E-state index contributed by atoms with van der Waals surface area (Å²) < 4.78 is 0. The van der Waals surface area contributed by atoms with Crippen LogP contribution in [0.15, 0.2) is 42.6 Å². The minimum atomic E-state index is 0.900. The average Bonchev–Trinajstić information content (AvgIpc) is 2.38. The quantitative estimate of drug-likeness (QED) is 0.708. The number of hydrogen-bond acceptors (Lipinski definition) is 2. The second kappa shape index (κ2) is 5.37. The molecule has 0 aliphatic carbocycles. The second-order valence-electron chi connectivity index (χ2n) is 4.39. The Kier molecular flexibility index (Phi) is 3.64. The Hall–Kier alpha value is -2.27. The van der Waals surface area contributed by atoms with E-state index in [9.17, 15) is 0 Å². The second-order valence-corrected chi connectivity index (χ2v) is 4.39. The Morgan fingerprint density at radius 2 is 1.72 bits per heavy atom. The molecule has 2 nitrogen and oxygen atoms in total. The van der Waals surface area contributed by atoms with Crippen molar-refractivity contribution in [2.24, 2.45) is 0 Å². The Bertz CT molecular complexity index is 586. The van der Waals surface area contributed by atoms with Crippen molar-refractivity contribution in [3.05, 3.63) is 59.3 Å². The summed E-state index contributed by atoms with van der Waals surface area (Å²) in [5, 5.41) is 0. The van der Waals surface area contributed by atoms with E-state index in [4.69, 9.17) is 0 Å². The van der Waals surface area contributed by atoms with Gasteiger partial charge in [-0.1, -0.05) is 29.5 Å². The van der Waals surface area contributed by atoms with E-state index in [0.717, 1.165) is 16.9 Å². The van der Waals surface area contributed by atoms with Crippen LogP contribution >= 0.6 is 0 Å². The maximum Gasteiger partial charge on any atom is 0.143 e. The van der Waals surface area contributed by atoms with Crippen molar-refractivity contribution in [1.29, 1.82) is 0 Å². The molecule has 0 radical (unpaired) electrons. The minimum Gasteiger partial charge on any atom is -0.362 e. The highest BCUT2D eigenvalue weighted by atomic mass is 15.1. The van der Waals surface area contributed by atoms with E-state index in [0.29, 0.717) is 0 Å². The van der Waals surface area contributed by atoms with Crippen LogP contribution in [0.2, 0.25) is 0 Å². The summed E-state index contributed by atoms with van der Waals surface area (Å²) in [7, 11) is 3.94. The first-order valence-corrected chi connectivity index (χ1v) is 5.88. The summed E-state index contributed by atoms with van der Waals surface area (Å²) in [6, 6.07) is 12.1. The van der Waals surface area contributed by atoms with Crippen LogP contribution in [-0.2, 0) is 0 Å². The SMILES string of the molecule is Cc1ccc(C#Cc2cccnc2N(C)C)cc1. The molecule has 0 bridgehead atoms. The van der Waals surface area contributed by atoms with Crippen LogP contribution in [0, 0.1) is 18.8 Å². The normalized spacial score (nSPS) is 9.50. The summed E-state index contributed by atoms with van der Waals surface area (Å²) in [6.45, 7) is 2.07. The van der Waals surface area contributed by atoms with Gasteiger partial charge in [0, 0.05) is 25.9 Å². The molecule has 0 aliphatic heterocycles. The van der Waals surface area contributed by atoms with E-state index >= 15 is 0 Å². The third-order valence-electron chi connectivity index (χ3n) is 2.60. The van der Waals surface area contributed by atoms with Crippen molar-refractivity contribution in [2.75, 3.05) is 19.0 Å². The molecule has 0 saturated carbocycles. The van der Waals surface area contributed by atoms with E-state index < -0.39 is 0 Å². The van der Waals surface area contributed by atoms with Gasteiger partial charge < -0.3 is 4.90 Å². The molecule has 0 saturated heterocycles. The van der Waals surface area contributed by atoms with Crippen molar-refractivity contribution in [3.63, 3.8) is 0 Å².